The van der Waals surface area contributed by atoms with Crippen molar-refractivity contribution in [1.82, 2.24) is 15.0 Å². The number of nitrogens with two attached hydrogens (primary N) is 3. The molecular weight excluding hydrogens is 504 g/mol. The number of nitrogen functional groups attached to an aromatic ring is 1. The quantitative estimate of drug-likeness (QED) is 0.197. The maximum atomic E-state index is 6.01. The number of ether oxygens (including phenoxy) is 2. The SMILES string of the molecule is NSc1ccc(Oc2ccc(-c3nc(N)nc(-c4ccc(Oc5ccc(SN)cc5)cc4)n3)cc2)cc1. The molecule has 10 heteroatoms. The molecule has 1 heterocycles. The van der Waals surface area contributed by atoms with E-state index in [1.165, 1.54) is 23.9 Å². The maximum Gasteiger partial charge on any atom is 0.224 e. The lowest BCUT2D eigenvalue weighted by atomic mass is 10.2. The zero-order valence-electron chi connectivity index (χ0n) is 19.4. The molecule has 0 spiro atoms. The Bertz CT molecular complexity index is 1370. The third kappa shape index (κ3) is 6.19. The summed E-state index contributed by atoms with van der Waals surface area (Å²) in [5.41, 5.74) is 7.59. The van der Waals surface area contributed by atoms with Gasteiger partial charge >= 0.3 is 0 Å². The van der Waals surface area contributed by atoms with Gasteiger partial charge in [-0.15, -0.1) is 0 Å². The number of nitrogens with zero attached hydrogens (tertiary/aromatic N) is 3. The predicted octanol–water partition coefficient (Wildman–Crippen LogP) is 6.30. The Morgan fingerprint density at radius 2 is 0.784 bits per heavy atom. The van der Waals surface area contributed by atoms with Crippen molar-refractivity contribution < 1.29 is 9.47 Å². The molecular formula is C27H22N6O2S2. The van der Waals surface area contributed by atoms with Crippen LogP contribution in [0, 0.1) is 0 Å². The summed E-state index contributed by atoms with van der Waals surface area (Å²) < 4.78 is 11.8. The van der Waals surface area contributed by atoms with Crippen LogP contribution in [0.3, 0.4) is 0 Å². The normalized spacial score (nSPS) is 10.8. The van der Waals surface area contributed by atoms with Crippen LogP contribution in [0.4, 0.5) is 5.95 Å². The number of aromatic nitrogens is 3. The number of hydrogen-bond acceptors (Lipinski definition) is 10. The zero-order valence-corrected chi connectivity index (χ0v) is 21.1. The summed E-state index contributed by atoms with van der Waals surface area (Å²) in [6, 6.07) is 30.0. The van der Waals surface area contributed by atoms with Gasteiger partial charge in [-0.3, -0.25) is 10.3 Å². The Morgan fingerprint density at radius 1 is 0.459 bits per heavy atom. The third-order valence-corrected chi connectivity index (χ3v) is 6.36. The first-order valence-corrected chi connectivity index (χ1v) is 12.9. The Kier molecular flexibility index (Phi) is 7.52. The van der Waals surface area contributed by atoms with E-state index in [4.69, 9.17) is 25.5 Å². The molecule has 5 rings (SSSR count). The van der Waals surface area contributed by atoms with Gasteiger partial charge in [0, 0.05) is 20.9 Å². The van der Waals surface area contributed by atoms with Crippen molar-refractivity contribution in [2.45, 2.75) is 9.79 Å². The second-order valence-corrected chi connectivity index (χ2v) is 9.19. The van der Waals surface area contributed by atoms with Gasteiger partial charge in [0.05, 0.1) is 0 Å². The van der Waals surface area contributed by atoms with Crippen molar-refractivity contribution in [3.8, 4) is 45.8 Å². The van der Waals surface area contributed by atoms with Crippen LogP contribution < -0.4 is 25.5 Å². The average molecular weight is 527 g/mol. The number of benzene rings is 4. The predicted molar refractivity (Wildman–Crippen MR) is 148 cm³/mol. The largest absolute Gasteiger partial charge is 0.457 e. The molecule has 0 saturated heterocycles. The monoisotopic (exact) mass is 526 g/mol. The first-order valence-electron chi connectivity index (χ1n) is 11.1. The highest BCUT2D eigenvalue weighted by molar-refractivity contribution is 7.97. The van der Waals surface area contributed by atoms with Crippen LogP contribution in [0.5, 0.6) is 23.0 Å². The van der Waals surface area contributed by atoms with Crippen molar-refractivity contribution in [1.29, 1.82) is 0 Å². The molecule has 6 N–H and O–H groups in total. The van der Waals surface area contributed by atoms with Crippen LogP contribution in [-0.2, 0) is 0 Å². The fraction of sp³-hybridized carbons (Fsp3) is 0. The molecule has 0 unspecified atom stereocenters. The molecule has 184 valence electrons. The van der Waals surface area contributed by atoms with Crippen LogP contribution in [0.2, 0.25) is 0 Å². The highest BCUT2D eigenvalue weighted by atomic mass is 32.2. The van der Waals surface area contributed by atoms with E-state index >= 15 is 0 Å². The van der Waals surface area contributed by atoms with Crippen molar-refractivity contribution in [2.75, 3.05) is 5.73 Å². The molecule has 0 atom stereocenters. The molecule has 0 aliphatic rings. The van der Waals surface area contributed by atoms with Gasteiger partial charge in [-0.1, -0.05) is 0 Å². The van der Waals surface area contributed by atoms with Crippen LogP contribution >= 0.6 is 23.9 Å². The van der Waals surface area contributed by atoms with E-state index in [0.717, 1.165) is 32.4 Å². The zero-order chi connectivity index (χ0) is 25.6. The van der Waals surface area contributed by atoms with E-state index in [9.17, 15) is 0 Å². The molecule has 0 amide bonds. The fourth-order valence-electron chi connectivity index (χ4n) is 3.44. The Hall–Kier alpha value is -4.09. The van der Waals surface area contributed by atoms with Crippen LogP contribution in [0.1, 0.15) is 0 Å². The van der Waals surface area contributed by atoms with Gasteiger partial charge in [-0.05, 0) is 121 Å². The average Bonchev–Trinajstić information content (AvgIpc) is 2.94. The van der Waals surface area contributed by atoms with E-state index in [1.54, 1.807) is 0 Å². The lowest BCUT2D eigenvalue weighted by molar-refractivity contribution is 0.482. The van der Waals surface area contributed by atoms with Crippen molar-refractivity contribution >= 4 is 29.8 Å². The molecule has 0 radical (unpaired) electrons. The van der Waals surface area contributed by atoms with Gasteiger partial charge < -0.3 is 15.2 Å². The summed E-state index contributed by atoms with van der Waals surface area (Å²) in [6.45, 7) is 0. The fourth-order valence-corrected chi connectivity index (χ4v) is 4.03. The van der Waals surface area contributed by atoms with E-state index in [1.807, 2.05) is 97.1 Å². The van der Waals surface area contributed by atoms with E-state index in [0.29, 0.717) is 23.1 Å². The van der Waals surface area contributed by atoms with Crippen LogP contribution in [0.15, 0.2) is 107 Å². The van der Waals surface area contributed by atoms with Gasteiger partial charge in [0.15, 0.2) is 11.6 Å². The van der Waals surface area contributed by atoms with Gasteiger partial charge in [0.1, 0.15) is 23.0 Å². The minimum atomic E-state index is 0.136. The highest BCUT2D eigenvalue weighted by Gasteiger charge is 2.10. The van der Waals surface area contributed by atoms with E-state index in [2.05, 4.69) is 15.0 Å². The van der Waals surface area contributed by atoms with Crippen molar-refractivity contribution in [3.63, 3.8) is 0 Å². The second kappa shape index (κ2) is 11.3. The van der Waals surface area contributed by atoms with Gasteiger partial charge in [0.2, 0.25) is 5.95 Å². The minimum absolute atomic E-state index is 0.136. The summed E-state index contributed by atoms with van der Waals surface area (Å²) in [7, 11) is 0. The molecule has 0 saturated carbocycles. The summed E-state index contributed by atoms with van der Waals surface area (Å²) >= 11 is 2.38. The molecule has 0 aliphatic carbocycles. The smallest absolute Gasteiger partial charge is 0.224 e. The van der Waals surface area contributed by atoms with E-state index in [-0.39, 0.29) is 5.95 Å². The summed E-state index contributed by atoms with van der Waals surface area (Å²) in [5.74, 6) is 3.88. The van der Waals surface area contributed by atoms with Crippen molar-refractivity contribution in [2.24, 2.45) is 10.3 Å². The second-order valence-electron chi connectivity index (χ2n) is 7.77. The standard InChI is InChI=1S/C27H22N6O2S2/c28-27-32-25(17-1-5-19(6-2-17)34-21-9-13-23(36-29)14-10-21)31-26(33-27)18-3-7-20(8-4-18)35-22-11-15-24(37-30)16-12-22/h1-16H,29-30H2,(H2,28,31,32,33). The Balaban J connectivity index is 1.31. The summed E-state index contributed by atoms with van der Waals surface area (Å²) in [6.07, 6.45) is 0. The third-order valence-electron chi connectivity index (χ3n) is 5.27. The lowest BCUT2D eigenvalue weighted by Crippen LogP contribution is -2.02. The molecule has 1 aromatic heterocycles. The van der Waals surface area contributed by atoms with Crippen LogP contribution in [0.25, 0.3) is 22.8 Å². The van der Waals surface area contributed by atoms with Crippen molar-refractivity contribution in [3.05, 3.63) is 97.1 Å². The highest BCUT2D eigenvalue weighted by Crippen LogP contribution is 2.29. The molecule has 4 aromatic carbocycles. The van der Waals surface area contributed by atoms with Crippen LogP contribution in [-0.4, -0.2) is 15.0 Å². The molecule has 0 bridgehead atoms. The molecule has 0 aliphatic heterocycles. The summed E-state index contributed by atoms with van der Waals surface area (Å²) in [4.78, 5) is 15.2. The first kappa shape index (κ1) is 24.6. The van der Waals surface area contributed by atoms with Gasteiger partial charge in [-0.2, -0.15) is 9.97 Å². The first-order chi connectivity index (χ1) is 18.1. The Morgan fingerprint density at radius 3 is 1.11 bits per heavy atom. The number of rotatable bonds is 8. The van der Waals surface area contributed by atoms with E-state index < -0.39 is 0 Å². The maximum absolute atomic E-state index is 6.01. The molecule has 37 heavy (non-hydrogen) atoms. The summed E-state index contributed by atoms with van der Waals surface area (Å²) in [5, 5.41) is 11.1. The number of hydrogen-bond donors (Lipinski definition) is 3. The number of anilines is 1. The molecule has 8 nitrogen and oxygen atoms in total. The van der Waals surface area contributed by atoms with Gasteiger partial charge in [0.25, 0.3) is 0 Å². The topological polar surface area (TPSA) is 135 Å². The minimum Gasteiger partial charge on any atom is -0.457 e. The Labute approximate surface area is 222 Å². The lowest BCUT2D eigenvalue weighted by Gasteiger charge is -2.09. The molecule has 5 aromatic rings. The van der Waals surface area contributed by atoms with Gasteiger partial charge in [-0.25, -0.2) is 4.98 Å². The molecule has 0 fully saturated rings.